The number of para-hydroxylation sites is 1. The molecular formula is C20H27ClN6O3. The normalized spacial score (nSPS) is 15.2. The maximum absolute atomic E-state index is 10.7. The monoisotopic (exact) mass is 434 g/mol. The maximum Gasteiger partial charge on any atom is 0.208 e. The molecule has 162 valence electrons. The molecule has 2 heterocycles. The van der Waals surface area contributed by atoms with Crippen molar-refractivity contribution in [2.24, 2.45) is 0 Å². The summed E-state index contributed by atoms with van der Waals surface area (Å²) in [5, 5.41) is 34.5. The van der Waals surface area contributed by atoms with E-state index >= 15 is 0 Å². The number of tetrazole rings is 1. The number of hydrogen-bond donors (Lipinski definition) is 3. The van der Waals surface area contributed by atoms with E-state index in [-0.39, 0.29) is 23.6 Å². The summed E-state index contributed by atoms with van der Waals surface area (Å²) in [4.78, 5) is 4.66. The number of H-pyrrole nitrogens is 1. The van der Waals surface area contributed by atoms with Crippen molar-refractivity contribution in [3.63, 3.8) is 0 Å². The van der Waals surface area contributed by atoms with Gasteiger partial charge in [-0.15, -0.1) is 22.6 Å². The van der Waals surface area contributed by atoms with Crippen LogP contribution >= 0.6 is 12.4 Å². The molecule has 0 amide bonds. The second-order valence-electron chi connectivity index (χ2n) is 7.10. The van der Waals surface area contributed by atoms with E-state index in [1.54, 1.807) is 18.2 Å². The van der Waals surface area contributed by atoms with Crippen LogP contribution in [0.5, 0.6) is 5.75 Å². The van der Waals surface area contributed by atoms with Gasteiger partial charge in [0.2, 0.25) is 5.82 Å². The number of rotatable bonds is 5. The highest BCUT2D eigenvalue weighted by Crippen LogP contribution is 2.29. The third-order valence-corrected chi connectivity index (χ3v) is 5.25. The van der Waals surface area contributed by atoms with Gasteiger partial charge in [-0.05, 0) is 41.5 Å². The van der Waals surface area contributed by atoms with Crippen molar-refractivity contribution in [1.29, 1.82) is 0 Å². The SMILES string of the molecule is Cc1ccccc1N1CCN(CC(O)c2ccc(O)c(-c3nn[nH]n3)c2)CC1.Cl.O. The smallest absolute Gasteiger partial charge is 0.208 e. The Labute approximate surface area is 181 Å². The summed E-state index contributed by atoms with van der Waals surface area (Å²) >= 11 is 0. The van der Waals surface area contributed by atoms with Crippen molar-refractivity contribution in [2.75, 3.05) is 37.6 Å². The molecule has 1 aliphatic heterocycles. The molecule has 1 saturated heterocycles. The fourth-order valence-corrected chi connectivity index (χ4v) is 3.66. The van der Waals surface area contributed by atoms with Gasteiger partial charge in [0.1, 0.15) is 5.75 Å². The van der Waals surface area contributed by atoms with Gasteiger partial charge in [0.05, 0.1) is 11.7 Å². The molecular weight excluding hydrogens is 408 g/mol. The Kier molecular flexibility index (Phi) is 8.13. The number of aromatic hydroxyl groups is 1. The molecule has 10 heteroatoms. The van der Waals surface area contributed by atoms with Gasteiger partial charge < -0.3 is 20.6 Å². The van der Waals surface area contributed by atoms with Crippen LogP contribution in [0.1, 0.15) is 17.2 Å². The molecule has 0 saturated carbocycles. The van der Waals surface area contributed by atoms with Gasteiger partial charge in [0.25, 0.3) is 0 Å². The Hall–Kier alpha value is -2.72. The number of aliphatic hydroxyl groups is 1. The Morgan fingerprint density at radius 2 is 1.83 bits per heavy atom. The quantitative estimate of drug-likeness (QED) is 0.551. The minimum absolute atomic E-state index is 0. The molecule has 0 radical (unpaired) electrons. The van der Waals surface area contributed by atoms with Crippen molar-refractivity contribution < 1.29 is 15.7 Å². The summed E-state index contributed by atoms with van der Waals surface area (Å²) in [7, 11) is 0. The molecule has 1 aromatic heterocycles. The minimum atomic E-state index is -0.656. The molecule has 9 nitrogen and oxygen atoms in total. The Bertz CT molecular complexity index is 932. The van der Waals surface area contributed by atoms with E-state index in [1.807, 2.05) is 0 Å². The molecule has 2 aromatic carbocycles. The number of benzene rings is 2. The lowest BCUT2D eigenvalue weighted by Crippen LogP contribution is -2.47. The third-order valence-electron chi connectivity index (χ3n) is 5.25. The van der Waals surface area contributed by atoms with Gasteiger partial charge in [-0.1, -0.05) is 24.3 Å². The number of piperazine rings is 1. The lowest BCUT2D eigenvalue weighted by molar-refractivity contribution is 0.109. The second kappa shape index (κ2) is 10.4. The first-order valence-corrected chi connectivity index (χ1v) is 9.39. The number of aliphatic hydroxyl groups excluding tert-OH is 1. The van der Waals surface area contributed by atoms with Crippen LogP contribution in [0.4, 0.5) is 5.69 Å². The summed E-state index contributed by atoms with van der Waals surface area (Å²) in [6, 6.07) is 13.4. The van der Waals surface area contributed by atoms with Crippen LogP contribution in [0.2, 0.25) is 0 Å². The standard InChI is InChI=1S/C20H24N6O2.ClH.H2O/c1-14-4-2-3-5-17(14)26-10-8-25(9-11-26)13-19(28)15-6-7-18(27)16(12-15)20-21-23-24-22-20;;/h2-7,12,19,27-28H,8-11,13H2,1H3,(H,21,22,23,24);1H;1H2. The molecule has 5 N–H and O–H groups in total. The van der Waals surface area contributed by atoms with Gasteiger partial charge in [0, 0.05) is 38.4 Å². The van der Waals surface area contributed by atoms with Gasteiger partial charge in [0.15, 0.2) is 0 Å². The number of aromatic amines is 1. The third kappa shape index (κ3) is 5.06. The molecule has 1 atom stereocenters. The van der Waals surface area contributed by atoms with E-state index in [1.165, 1.54) is 11.3 Å². The molecule has 1 unspecified atom stereocenters. The van der Waals surface area contributed by atoms with Crippen LogP contribution < -0.4 is 4.90 Å². The first kappa shape index (κ1) is 23.6. The number of hydrogen-bond acceptors (Lipinski definition) is 7. The summed E-state index contributed by atoms with van der Waals surface area (Å²) in [5.74, 6) is 0.364. The number of nitrogens with zero attached hydrogens (tertiary/aromatic N) is 5. The number of β-amino-alcohol motifs (C(OH)–C–C–N with tert-alkyl or cyclic N) is 1. The zero-order valence-electron chi connectivity index (χ0n) is 16.7. The van der Waals surface area contributed by atoms with Crippen molar-refractivity contribution in [3.8, 4) is 17.1 Å². The van der Waals surface area contributed by atoms with E-state index in [4.69, 9.17) is 0 Å². The molecule has 0 aliphatic carbocycles. The van der Waals surface area contributed by atoms with Crippen LogP contribution in [0.15, 0.2) is 42.5 Å². The highest BCUT2D eigenvalue weighted by Gasteiger charge is 2.22. The van der Waals surface area contributed by atoms with Gasteiger partial charge >= 0.3 is 0 Å². The second-order valence-corrected chi connectivity index (χ2v) is 7.10. The molecule has 1 aliphatic rings. The van der Waals surface area contributed by atoms with E-state index in [0.717, 1.165) is 31.7 Å². The number of anilines is 1. The molecule has 0 bridgehead atoms. The predicted octanol–water partition coefficient (Wildman–Crippen LogP) is 1.33. The summed E-state index contributed by atoms with van der Waals surface area (Å²) in [6.07, 6.45) is -0.656. The van der Waals surface area contributed by atoms with Crippen molar-refractivity contribution in [2.45, 2.75) is 13.0 Å². The van der Waals surface area contributed by atoms with Gasteiger partial charge in [-0.3, -0.25) is 4.90 Å². The number of phenolic OH excluding ortho intramolecular Hbond substituents is 1. The summed E-state index contributed by atoms with van der Waals surface area (Å²) in [5.41, 5.74) is 3.74. The van der Waals surface area contributed by atoms with Crippen LogP contribution in [0, 0.1) is 6.92 Å². The van der Waals surface area contributed by atoms with Crippen molar-refractivity contribution >= 4 is 18.1 Å². The first-order chi connectivity index (χ1) is 13.6. The largest absolute Gasteiger partial charge is 0.507 e. The minimum Gasteiger partial charge on any atom is -0.507 e. The number of halogens is 1. The zero-order valence-corrected chi connectivity index (χ0v) is 17.5. The molecule has 3 aromatic rings. The molecule has 0 spiro atoms. The lowest BCUT2D eigenvalue weighted by Gasteiger charge is -2.37. The number of phenols is 1. The number of aromatic nitrogens is 4. The highest BCUT2D eigenvalue weighted by molar-refractivity contribution is 5.85. The fourth-order valence-electron chi connectivity index (χ4n) is 3.66. The first-order valence-electron chi connectivity index (χ1n) is 9.39. The van der Waals surface area contributed by atoms with Crippen LogP contribution in [0.25, 0.3) is 11.4 Å². The van der Waals surface area contributed by atoms with Crippen LogP contribution in [-0.2, 0) is 0 Å². The number of aryl methyl sites for hydroxylation is 1. The van der Waals surface area contributed by atoms with E-state index < -0.39 is 6.10 Å². The predicted molar refractivity (Wildman–Crippen MR) is 117 cm³/mol. The van der Waals surface area contributed by atoms with E-state index in [0.29, 0.717) is 17.9 Å². The van der Waals surface area contributed by atoms with E-state index in [9.17, 15) is 10.2 Å². The molecule has 4 rings (SSSR count). The van der Waals surface area contributed by atoms with E-state index in [2.05, 4.69) is 61.6 Å². The highest BCUT2D eigenvalue weighted by atomic mass is 35.5. The molecule has 30 heavy (non-hydrogen) atoms. The summed E-state index contributed by atoms with van der Waals surface area (Å²) in [6.45, 7) is 6.32. The fraction of sp³-hybridized carbons (Fsp3) is 0.350. The van der Waals surface area contributed by atoms with Crippen molar-refractivity contribution in [3.05, 3.63) is 53.6 Å². The zero-order chi connectivity index (χ0) is 19.5. The average Bonchev–Trinajstić information content (AvgIpc) is 3.24. The van der Waals surface area contributed by atoms with Crippen LogP contribution in [0.3, 0.4) is 0 Å². The maximum atomic E-state index is 10.7. The summed E-state index contributed by atoms with van der Waals surface area (Å²) < 4.78 is 0. The van der Waals surface area contributed by atoms with Crippen LogP contribution in [-0.4, -0.2) is 73.9 Å². The molecule has 1 fully saturated rings. The number of nitrogens with one attached hydrogen (secondary N) is 1. The topological polar surface area (TPSA) is 133 Å². The van der Waals surface area contributed by atoms with Crippen molar-refractivity contribution in [1.82, 2.24) is 25.5 Å². The Morgan fingerprint density at radius 3 is 2.50 bits per heavy atom. The Balaban J connectivity index is 0.00000160. The van der Waals surface area contributed by atoms with Gasteiger partial charge in [-0.2, -0.15) is 5.21 Å². The average molecular weight is 435 g/mol. The van der Waals surface area contributed by atoms with Gasteiger partial charge in [-0.25, -0.2) is 0 Å². The Morgan fingerprint density at radius 1 is 1.10 bits per heavy atom. The lowest BCUT2D eigenvalue weighted by atomic mass is 10.0.